The molecule has 0 amide bonds. The van der Waals surface area contributed by atoms with Gasteiger partial charge in [0.2, 0.25) is 0 Å². The number of fused-ring (bicyclic) bond motifs is 3. The molecule has 2 aliphatic heterocycles. The molecule has 7 heteroatoms. The maximum absolute atomic E-state index is 4.54. The summed E-state index contributed by atoms with van der Waals surface area (Å²) < 4.78 is 1.51. The minimum Gasteiger partial charge on any atom is -0.354 e. The van der Waals surface area contributed by atoms with Crippen LogP contribution in [0.3, 0.4) is 0 Å². The van der Waals surface area contributed by atoms with E-state index in [9.17, 15) is 0 Å². The van der Waals surface area contributed by atoms with E-state index in [2.05, 4.69) is 44.3 Å². The SMILES string of the molecule is CC(C)N1[C@H]2CC[C@H]1CN(c1ccc3nnnn3n1)CC2. The summed E-state index contributed by atoms with van der Waals surface area (Å²) in [5, 5.41) is 16.0. The fraction of sp³-hybridized carbons (Fsp3) is 0.714. The zero-order valence-electron chi connectivity index (χ0n) is 12.6. The lowest BCUT2D eigenvalue weighted by Gasteiger charge is -2.32. The summed E-state index contributed by atoms with van der Waals surface area (Å²) in [7, 11) is 0. The minimum absolute atomic E-state index is 0.623. The number of aromatic nitrogens is 5. The van der Waals surface area contributed by atoms with Gasteiger partial charge in [0, 0.05) is 31.2 Å². The Kier molecular flexibility index (Phi) is 3.02. The monoisotopic (exact) mass is 287 g/mol. The lowest BCUT2D eigenvalue weighted by Crippen LogP contribution is -2.43. The molecule has 0 unspecified atom stereocenters. The van der Waals surface area contributed by atoms with E-state index in [1.807, 2.05) is 12.1 Å². The first-order valence-corrected chi connectivity index (χ1v) is 7.80. The van der Waals surface area contributed by atoms with Crippen LogP contribution in [-0.2, 0) is 0 Å². The third-order valence-corrected chi connectivity index (χ3v) is 4.82. The van der Waals surface area contributed by atoms with Gasteiger partial charge in [0.05, 0.1) is 0 Å². The number of rotatable bonds is 2. The van der Waals surface area contributed by atoms with Gasteiger partial charge in [0.25, 0.3) is 0 Å². The van der Waals surface area contributed by atoms with Gasteiger partial charge >= 0.3 is 0 Å². The van der Waals surface area contributed by atoms with Crippen molar-refractivity contribution in [2.75, 3.05) is 18.0 Å². The van der Waals surface area contributed by atoms with Gasteiger partial charge in [-0.05, 0) is 55.7 Å². The van der Waals surface area contributed by atoms with E-state index in [0.29, 0.717) is 17.7 Å². The van der Waals surface area contributed by atoms with Gasteiger partial charge in [-0.1, -0.05) is 0 Å². The summed E-state index contributed by atoms with van der Waals surface area (Å²) in [5.41, 5.74) is 0.693. The molecule has 112 valence electrons. The maximum Gasteiger partial charge on any atom is 0.200 e. The lowest BCUT2D eigenvalue weighted by molar-refractivity contribution is 0.158. The molecule has 2 bridgehead atoms. The van der Waals surface area contributed by atoms with Crippen LogP contribution in [0, 0.1) is 0 Å². The van der Waals surface area contributed by atoms with Crippen LogP contribution in [0.5, 0.6) is 0 Å². The second-order valence-corrected chi connectivity index (χ2v) is 6.38. The molecule has 2 aromatic heterocycles. The molecular weight excluding hydrogens is 266 g/mol. The Labute approximate surface area is 123 Å². The standard InChI is InChI=1S/C14H21N7/c1-10(2)20-11-3-4-12(20)9-19(8-7-11)14-6-5-13-15-17-18-21(13)16-14/h5-6,10-12H,3-4,7-9H2,1-2H3/t11-,12-/m0/s1. The fourth-order valence-electron chi connectivity index (χ4n) is 3.97. The Morgan fingerprint density at radius 1 is 1.14 bits per heavy atom. The second-order valence-electron chi connectivity index (χ2n) is 6.38. The molecule has 0 aliphatic carbocycles. The van der Waals surface area contributed by atoms with Crippen molar-refractivity contribution in [3.8, 4) is 0 Å². The molecule has 0 spiro atoms. The van der Waals surface area contributed by atoms with Crippen molar-refractivity contribution in [3.05, 3.63) is 12.1 Å². The topological polar surface area (TPSA) is 62.5 Å². The normalized spacial score (nSPS) is 26.7. The third-order valence-electron chi connectivity index (χ3n) is 4.82. The van der Waals surface area contributed by atoms with Crippen molar-refractivity contribution < 1.29 is 0 Å². The second kappa shape index (κ2) is 4.91. The number of hydrogen-bond donors (Lipinski definition) is 0. The van der Waals surface area contributed by atoms with Gasteiger partial charge in [-0.2, -0.15) is 0 Å². The largest absolute Gasteiger partial charge is 0.354 e. The molecular formula is C14H21N7. The number of tetrazole rings is 1. The average molecular weight is 287 g/mol. The predicted molar refractivity (Wildman–Crippen MR) is 79.2 cm³/mol. The molecule has 7 nitrogen and oxygen atoms in total. The van der Waals surface area contributed by atoms with Crippen LogP contribution in [0.15, 0.2) is 12.1 Å². The summed E-state index contributed by atoms with van der Waals surface area (Å²) in [5.74, 6) is 0.978. The van der Waals surface area contributed by atoms with Crippen LogP contribution < -0.4 is 4.90 Å². The Morgan fingerprint density at radius 2 is 2.00 bits per heavy atom. The van der Waals surface area contributed by atoms with Gasteiger partial charge in [-0.15, -0.1) is 14.8 Å². The van der Waals surface area contributed by atoms with Crippen LogP contribution in [0.25, 0.3) is 5.65 Å². The van der Waals surface area contributed by atoms with Crippen LogP contribution in [0.2, 0.25) is 0 Å². The minimum atomic E-state index is 0.623. The molecule has 21 heavy (non-hydrogen) atoms. The quantitative estimate of drug-likeness (QED) is 0.820. The Bertz CT molecular complexity index is 637. The van der Waals surface area contributed by atoms with Crippen LogP contribution in [0.4, 0.5) is 5.82 Å². The summed E-state index contributed by atoms with van der Waals surface area (Å²) in [6.45, 7) is 6.74. The Morgan fingerprint density at radius 3 is 2.86 bits per heavy atom. The highest BCUT2D eigenvalue weighted by molar-refractivity contribution is 5.44. The van der Waals surface area contributed by atoms with E-state index < -0.39 is 0 Å². The summed E-state index contributed by atoms with van der Waals surface area (Å²) in [4.78, 5) is 5.09. The molecule has 4 heterocycles. The van der Waals surface area contributed by atoms with E-state index in [4.69, 9.17) is 0 Å². The number of hydrogen-bond acceptors (Lipinski definition) is 6. The van der Waals surface area contributed by atoms with Crippen molar-refractivity contribution in [2.24, 2.45) is 0 Å². The fourth-order valence-corrected chi connectivity index (χ4v) is 3.97. The first-order chi connectivity index (χ1) is 10.2. The maximum atomic E-state index is 4.54. The molecule has 2 saturated heterocycles. The Hall–Kier alpha value is -1.76. The van der Waals surface area contributed by atoms with Gasteiger partial charge in [0.15, 0.2) is 11.5 Å². The van der Waals surface area contributed by atoms with Gasteiger partial charge in [-0.25, -0.2) is 0 Å². The van der Waals surface area contributed by atoms with E-state index in [1.54, 1.807) is 0 Å². The molecule has 2 atom stereocenters. The molecule has 2 aliphatic rings. The average Bonchev–Trinajstić information content (AvgIpc) is 3.01. The highest BCUT2D eigenvalue weighted by Gasteiger charge is 2.38. The van der Waals surface area contributed by atoms with E-state index in [1.165, 1.54) is 23.9 Å². The van der Waals surface area contributed by atoms with Gasteiger partial charge in [0.1, 0.15) is 0 Å². The lowest BCUT2D eigenvalue weighted by atomic mass is 10.1. The summed E-state index contributed by atoms with van der Waals surface area (Å²) >= 11 is 0. The van der Waals surface area contributed by atoms with E-state index >= 15 is 0 Å². The van der Waals surface area contributed by atoms with Gasteiger partial charge in [-0.3, -0.25) is 4.90 Å². The van der Waals surface area contributed by atoms with Crippen molar-refractivity contribution in [3.63, 3.8) is 0 Å². The summed E-state index contributed by atoms with van der Waals surface area (Å²) in [6, 6.07) is 5.97. The number of nitrogens with zero attached hydrogens (tertiary/aromatic N) is 7. The van der Waals surface area contributed by atoms with Crippen molar-refractivity contribution in [1.82, 2.24) is 30.2 Å². The van der Waals surface area contributed by atoms with E-state index in [-0.39, 0.29) is 0 Å². The molecule has 0 radical (unpaired) electrons. The smallest absolute Gasteiger partial charge is 0.200 e. The first kappa shape index (κ1) is 12.9. The van der Waals surface area contributed by atoms with Crippen molar-refractivity contribution in [1.29, 1.82) is 0 Å². The van der Waals surface area contributed by atoms with Crippen LogP contribution in [-0.4, -0.2) is 61.4 Å². The first-order valence-electron chi connectivity index (χ1n) is 7.80. The van der Waals surface area contributed by atoms with Crippen LogP contribution in [0.1, 0.15) is 33.1 Å². The number of anilines is 1. The zero-order chi connectivity index (χ0) is 14.4. The van der Waals surface area contributed by atoms with Crippen molar-refractivity contribution >= 4 is 11.5 Å². The van der Waals surface area contributed by atoms with Gasteiger partial charge < -0.3 is 4.90 Å². The zero-order valence-corrected chi connectivity index (χ0v) is 12.6. The molecule has 0 N–H and O–H groups in total. The van der Waals surface area contributed by atoms with E-state index in [0.717, 1.165) is 24.9 Å². The molecule has 0 saturated carbocycles. The molecule has 0 aromatic carbocycles. The molecule has 2 fully saturated rings. The van der Waals surface area contributed by atoms with Crippen LogP contribution >= 0.6 is 0 Å². The highest BCUT2D eigenvalue weighted by Crippen LogP contribution is 2.33. The Balaban J connectivity index is 1.61. The summed E-state index contributed by atoms with van der Waals surface area (Å²) in [6.07, 6.45) is 3.85. The third kappa shape index (κ3) is 2.16. The highest BCUT2D eigenvalue weighted by atomic mass is 15.6. The van der Waals surface area contributed by atoms with Crippen molar-refractivity contribution in [2.45, 2.75) is 51.2 Å². The molecule has 4 rings (SSSR count). The molecule has 2 aromatic rings. The predicted octanol–water partition coefficient (Wildman–Crippen LogP) is 0.971.